The van der Waals surface area contributed by atoms with Gasteiger partial charge in [0.25, 0.3) is 0 Å². The molecule has 2 aromatic heterocycles. The maximum absolute atomic E-state index is 6.74. The molecular weight excluding hydrogens is 356 g/mol. The molecule has 0 amide bonds. The average molecular weight is 389 g/mol. The van der Waals surface area contributed by atoms with Gasteiger partial charge in [0.2, 0.25) is 0 Å². The number of fused-ring (bicyclic) bond motifs is 3. The lowest BCUT2D eigenvalue weighted by atomic mass is 9.96. The van der Waals surface area contributed by atoms with Crippen LogP contribution in [0.15, 0.2) is 22.9 Å². The predicted molar refractivity (Wildman–Crippen MR) is 121 cm³/mol. The van der Waals surface area contributed by atoms with Crippen molar-refractivity contribution in [2.45, 2.75) is 71.3 Å². The molecule has 0 bridgehead atoms. The number of thiophene rings is 2. The Balaban J connectivity index is 1.94. The van der Waals surface area contributed by atoms with Crippen LogP contribution in [-0.4, -0.2) is 6.54 Å². The van der Waals surface area contributed by atoms with E-state index in [1.54, 1.807) is 0 Å². The van der Waals surface area contributed by atoms with Crippen molar-refractivity contribution >= 4 is 48.5 Å². The zero-order valence-corrected chi connectivity index (χ0v) is 17.8. The minimum absolute atomic E-state index is 0.118. The first kappa shape index (κ1) is 19.7. The molecule has 3 rings (SSSR count). The monoisotopic (exact) mass is 388 g/mol. The Morgan fingerprint density at radius 1 is 0.885 bits per heavy atom. The van der Waals surface area contributed by atoms with E-state index in [0.29, 0.717) is 0 Å². The summed E-state index contributed by atoms with van der Waals surface area (Å²) in [6.45, 7) is 5.56. The largest absolute Gasteiger partial charge is 0.384 e. The molecule has 26 heavy (non-hydrogen) atoms. The molecule has 0 radical (unpaired) electrons. The van der Waals surface area contributed by atoms with Crippen molar-refractivity contribution in [1.29, 1.82) is 0 Å². The van der Waals surface area contributed by atoms with Gasteiger partial charge in [0.15, 0.2) is 0 Å². The van der Waals surface area contributed by atoms with E-state index < -0.39 is 0 Å². The van der Waals surface area contributed by atoms with Crippen molar-refractivity contribution in [3.63, 3.8) is 0 Å². The third-order valence-corrected chi connectivity index (χ3v) is 7.06. The van der Waals surface area contributed by atoms with Crippen LogP contribution in [0.2, 0.25) is 0 Å². The second-order valence-electron chi connectivity index (χ2n) is 7.21. The van der Waals surface area contributed by atoms with E-state index in [-0.39, 0.29) is 6.04 Å². The summed E-state index contributed by atoms with van der Waals surface area (Å²) < 4.78 is 2.77. The van der Waals surface area contributed by atoms with E-state index in [1.165, 1.54) is 76.4 Å². The first-order valence-electron chi connectivity index (χ1n) is 10.2. The topological polar surface area (TPSA) is 38.0 Å². The van der Waals surface area contributed by atoms with Crippen molar-refractivity contribution in [3.05, 3.63) is 28.5 Å². The van der Waals surface area contributed by atoms with E-state index in [4.69, 9.17) is 5.73 Å². The van der Waals surface area contributed by atoms with E-state index in [9.17, 15) is 0 Å². The molecule has 2 heterocycles. The summed E-state index contributed by atoms with van der Waals surface area (Å²) in [5.41, 5.74) is 9.41. The van der Waals surface area contributed by atoms with Crippen molar-refractivity contribution in [3.8, 4) is 0 Å². The Hall–Kier alpha value is -1.10. The number of benzene rings is 1. The fraction of sp³-hybridized carbons (Fsp3) is 0.545. The second-order valence-corrected chi connectivity index (χ2v) is 9.04. The van der Waals surface area contributed by atoms with Crippen LogP contribution in [0.4, 0.5) is 5.69 Å². The maximum atomic E-state index is 6.74. The van der Waals surface area contributed by atoms with Crippen molar-refractivity contribution in [2.24, 2.45) is 5.73 Å². The molecule has 0 saturated heterocycles. The maximum Gasteiger partial charge on any atom is 0.0584 e. The lowest BCUT2D eigenvalue weighted by Crippen LogP contribution is -2.14. The molecule has 4 heteroatoms. The van der Waals surface area contributed by atoms with Crippen LogP contribution in [-0.2, 0) is 0 Å². The molecule has 3 aromatic rings. The summed E-state index contributed by atoms with van der Waals surface area (Å²) in [5, 5.41) is 11.0. The van der Waals surface area contributed by atoms with Gasteiger partial charge in [-0.2, -0.15) is 0 Å². The van der Waals surface area contributed by atoms with Gasteiger partial charge >= 0.3 is 0 Å². The third kappa shape index (κ3) is 4.24. The van der Waals surface area contributed by atoms with E-state index in [1.807, 2.05) is 22.7 Å². The summed E-state index contributed by atoms with van der Waals surface area (Å²) in [6.07, 6.45) is 9.93. The van der Waals surface area contributed by atoms with Gasteiger partial charge in [-0.15, -0.1) is 22.7 Å². The molecule has 0 aliphatic carbocycles. The van der Waals surface area contributed by atoms with Gasteiger partial charge in [0.05, 0.1) is 10.4 Å². The van der Waals surface area contributed by atoms with Crippen molar-refractivity contribution in [2.75, 3.05) is 11.9 Å². The quantitative estimate of drug-likeness (QED) is 0.330. The van der Waals surface area contributed by atoms with Gasteiger partial charge < -0.3 is 11.1 Å². The second kappa shape index (κ2) is 9.72. The number of rotatable bonds is 11. The molecule has 0 spiro atoms. The molecule has 1 aromatic carbocycles. The van der Waals surface area contributed by atoms with Crippen LogP contribution < -0.4 is 11.1 Å². The SMILES string of the molecule is CCCCCCNc1c(C(N)CCCCC)c2sccc2c2ccsc12. The zero-order valence-electron chi connectivity index (χ0n) is 16.1. The van der Waals surface area contributed by atoms with Gasteiger partial charge in [-0.25, -0.2) is 0 Å². The molecular formula is C22H32N2S2. The average Bonchev–Trinajstić information content (AvgIpc) is 3.30. The molecule has 0 aliphatic heterocycles. The third-order valence-electron chi connectivity index (χ3n) is 5.18. The van der Waals surface area contributed by atoms with Gasteiger partial charge in [-0.05, 0) is 35.7 Å². The smallest absolute Gasteiger partial charge is 0.0584 e. The standard InChI is InChI=1S/C22H32N2S2/c1-3-5-7-9-13-24-20-19(18(23)10-8-6-4-2)21-16(11-14-25-21)17-12-15-26-22(17)20/h11-12,14-15,18,24H,3-10,13,23H2,1-2H3. The van der Waals surface area contributed by atoms with Crippen LogP contribution in [0.25, 0.3) is 20.2 Å². The number of unbranched alkanes of at least 4 members (excludes halogenated alkanes) is 5. The lowest BCUT2D eigenvalue weighted by Gasteiger charge is -2.20. The lowest BCUT2D eigenvalue weighted by molar-refractivity contribution is 0.585. The molecule has 3 N–H and O–H groups in total. The Bertz CT molecular complexity index is 818. The number of nitrogens with one attached hydrogen (secondary N) is 1. The van der Waals surface area contributed by atoms with E-state index in [0.717, 1.165) is 13.0 Å². The Kier molecular flexibility index (Phi) is 7.35. The summed E-state index contributed by atoms with van der Waals surface area (Å²) >= 11 is 3.69. The normalized spacial score (nSPS) is 12.9. The van der Waals surface area contributed by atoms with E-state index in [2.05, 4.69) is 42.1 Å². The van der Waals surface area contributed by atoms with Crippen LogP contribution in [0.5, 0.6) is 0 Å². The fourth-order valence-corrected chi connectivity index (χ4v) is 5.70. The summed E-state index contributed by atoms with van der Waals surface area (Å²) in [6, 6.07) is 4.65. The summed E-state index contributed by atoms with van der Waals surface area (Å²) in [7, 11) is 0. The Labute approximate surface area is 165 Å². The Morgan fingerprint density at radius 3 is 2.27 bits per heavy atom. The minimum Gasteiger partial charge on any atom is -0.384 e. The van der Waals surface area contributed by atoms with Gasteiger partial charge in [-0.1, -0.05) is 52.4 Å². The first-order chi connectivity index (χ1) is 12.8. The van der Waals surface area contributed by atoms with Crippen molar-refractivity contribution < 1.29 is 0 Å². The van der Waals surface area contributed by atoms with E-state index >= 15 is 0 Å². The first-order valence-corrected chi connectivity index (χ1v) is 11.9. The minimum atomic E-state index is 0.118. The highest BCUT2D eigenvalue weighted by Crippen LogP contribution is 2.44. The highest BCUT2D eigenvalue weighted by Gasteiger charge is 2.20. The number of hydrogen-bond acceptors (Lipinski definition) is 4. The van der Waals surface area contributed by atoms with Crippen LogP contribution >= 0.6 is 22.7 Å². The van der Waals surface area contributed by atoms with Crippen LogP contribution in [0.3, 0.4) is 0 Å². The fourth-order valence-electron chi connectivity index (χ4n) is 3.73. The predicted octanol–water partition coefficient (Wildman–Crippen LogP) is 7.69. The summed E-state index contributed by atoms with van der Waals surface area (Å²) in [5.74, 6) is 0. The summed E-state index contributed by atoms with van der Waals surface area (Å²) in [4.78, 5) is 0. The van der Waals surface area contributed by atoms with Crippen molar-refractivity contribution in [1.82, 2.24) is 0 Å². The molecule has 142 valence electrons. The highest BCUT2D eigenvalue weighted by atomic mass is 32.1. The Morgan fingerprint density at radius 2 is 1.54 bits per heavy atom. The highest BCUT2D eigenvalue weighted by molar-refractivity contribution is 7.19. The number of hydrogen-bond donors (Lipinski definition) is 2. The van der Waals surface area contributed by atoms with Crippen LogP contribution in [0, 0.1) is 0 Å². The molecule has 1 unspecified atom stereocenters. The molecule has 1 atom stereocenters. The van der Waals surface area contributed by atoms with Gasteiger partial charge in [0, 0.05) is 33.6 Å². The zero-order chi connectivity index (χ0) is 18.4. The van der Waals surface area contributed by atoms with Gasteiger partial charge in [-0.3, -0.25) is 0 Å². The van der Waals surface area contributed by atoms with Crippen LogP contribution in [0.1, 0.15) is 76.8 Å². The molecule has 0 saturated carbocycles. The van der Waals surface area contributed by atoms with Gasteiger partial charge in [0.1, 0.15) is 0 Å². The molecule has 2 nitrogen and oxygen atoms in total. The number of anilines is 1. The number of nitrogens with two attached hydrogens (primary N) is 1. The molecule has 0 fully saturated rings. The molecule has 0 aliphatic rings.